The molecule has 0 aliphatic rings. The van der Waals surface area contributed by atoms with Gasteiger partial charge in [0.1, 0.15) is 0 Å². The zero-order chi connectivity index (χ0) is 20.5. The van der Waals surface area contributed by atoms with Gasteiger partial charge in [0.05, 0.1) is 28.3 Å². The summed E-state index contributed by atoms with van der Waals surface area (Å²) in [5.41, 5.74) is 5.25. The van der Waals surface area contributed by atoms with Gasteiger partial charge in [0.15, 0.2) is 0 Å². The Morgan fingerprint density at radius 1 is 1.00 bits per heavy atom. The molecular formula is C25H21N3OS. The molecule has 30 heavy (non-hydrogen) atoms. The summed E-state index contributed by atoms with van der Waals surface area (Å²) >= 11 is 1.57. The minimum Gasteiger partial charge on any atom is -0.267 e. The van der Waals surface area contributed by atoms with Crippen molar-refractivity contribution in [2.75, 3.05) is 0 Å². The second-order valence-electron chi connectivity index (χ2n) is 7.36. The second-order valence-corrected chi connectivity index (χ2v) is 8.27. The number of thiophene rings is 1. The molecule has 0 aliphatic carbocycles. The van der Waals surface area contributed by atoms with E-state index in [0.717, 1.165) is 44.2 Å². The summed E-state index contributed by atoms with van der Waals surface area (Å²) in [5, 5.41) is 8.34. The number of hydrogen-bond donors (Lipinski definition) is 0. The largest absolute Gasteiger partial charge is 0.276 e. The van der Waals surface area contributed by atoms with Gasteiger partial charge in [0.25, 0.3) is 5.56 Å². The molecule has 3 aromatic heterocycles. The van der Waals surface area contributed by atoms with E-state index < -0.39 is 0 Å². The van der Waals surface area contributed by atoms with Crippen LogP contribution in [-0.2, 0) is 19.4 Å². The number of fused-ring (bicyclic) bond motifs is 2. The monoisotopic (exact) mass is 411 g/mol. The van der Waals surface area contributed by atoms with Crippen molar-refractivity contribution >= 4 is 32.3 Å². The van der Waals surface area contributed by atoms with Crippen molar-refractivity contribution in [3.63, 3.8) is 0 Å². The summed E-state index contributed by atoms with van der Waals surface area (Å²) < 4.78 is 2.49. The average molecular weight is 412 g/mol. The topological polar surface area (TPSA) is 47.8 Å². The Labute approximate surface area is 178 Å². The summed E-state index contributed by atoms with van der Waals surface area (Å²) in [6.45, 7) is 2.65. The van der Waals surface area contributed by atoms with Crippen LogP contribution in [0.1, 0.15) is 18.2 Å². The van der Waals surface area contributed by atoms with Crippen LogP contribution in [0.2, 0.25) is 0 Å². The molecule has 0 N–H and O–H groups in total. The number of benzene rings is 2. The normalized spacial score (nSPS) is 11.4. The summed E-state index contributed by atoms with van der Waals surface area (Å²) in [6, 6.07) is 20.6. The number of rotatable bonds is 5. The van der Waals surface area contributed by atoms with Crippen molar-refractivity contribution in [1.82, 2.24) is 14.8 Å². The molecule has 0 aliphatic heterocycles. The van der Waals surface area contributed by atoms with Gasteiger partial charge in [-0.15, -0.1) is 11.3 Å². The Morgan fingerprint density at radius 2 is 1.83 bits per heavy atom. The predicted octanol–water partition coefficient (Wildman–Crippen LogP) is 5.48. The van der Waals surface area contributed by atoms with Crippen LogP contribution in [0.4, 0.5) is 0 Å². The Morgan fingerprint density at radius 3 is 2.67 bits per heavy atom. The minimum atomic E-state index is -0.0379. The van der Waals surface area contributed by atoms with Crippen molar-refractivity contribution in [3.8, 4) is 11.1 Å². The number of aryl methyl sites for hydroxylation is 3. The van der Waals surface area contributed by atoms with Gasteiger partial charge in [-0.1, -0.05) is 55.5 Å². The zero-order valence-electron chi connectivity index (χ0n) is 16.7. The molecule has 0 saturated heterocycles. The van der Waals surface area contributed by atoms with Crippen LogP contribution in [0.5, 0.6) is 0 Å². The third-order valence-corrected chi connectivity index (χ3v) is 6.41. The summed E-state index contributed by atoms with van der Waals surface area (Å²) in [6.07, 6.45) is 3.47. The number of aromatic nitrogens is 3. The molecule has 3 heterocycles. The molecule has 4 nitrogen and oxygen atoms in total. The van der Waals surface area contributed by atoms with Gasteiger partial charge < -0.3 is 0 Å². The Hall–Kier alpha value is -3.31. The standard InChI is InChI=1S/C25H21N3OS/c1-2-17-7-9-18(10-8-17)21-16-30-23-15-26-28(25(29)24(21)23)14-13-20-12-11-19-5-3-4-6-22(19)27-20/h3-12,15-16H,2,13-14H2,1H3. The van der Waals surface area contributed by atoms with Crippen molar-refractivity contribution in [2.45, 2.75) is 26.3 Å². The number of hydrogen-bond acceptors (Lipinski definition) is 4. The van der Waals surface area contributed by atoms with Crippen molar-refractivity contribution in [3.05, 3.63) is 93.9 Å². The number of pyridine rings is 1. The number of nitrogens with zero attached hydrogens (tertiary/aromatic N) is 3. The van der Waals surface area contributed by atoms with Gasteiger partial charge in [-0.2, -0.15) is 5.10 Å². The van der Waals surface area contributed by atoms with Gasteiger partial charge in [0.2, 0.25) is 0 Å². The maximum Gasteiger partial charge on any atom is 0.276 e. The van der Waals surface area contributed by atoms with Crippen LogP contribution in [0, 0.1) is 0 Å². The van der Waals surface area contributed by atoms with Crippen LogP contribution in [0.3, 0.4) is 0 Å². The summed E-state index contributed by atoms with van der Waals surface area (Å²) in [5.74, 6) is 0. The van der Waals surface area contributed by atoms with E-state index in [4.69, 9.17) is 4.98 Å². The van der Waals surface area contributed by atoms with Crippen LogP contribution in [0.25, 0.3) is 32.1 Å². The number of para-hydroxylation sites is 1. The van der Waals surface area contributed by atoms with E-state index in [2.05, 4.69) is 53.8 Å². The third kappa shape index (κ3) is 3.42. The highest BCUT2D eigenvalue weighted by Crippen LogP contribution is 2.31. The highest BCUT2D eigenvalue weighted by atomic mass is 32.1. The quantitative estimate of drug-likeness (QED) is 0.385. The van der Waals surface area contributed by atoms with E-state index in [1.54, 1.807) is 22.2 Å². The lowest BCUT2D eigenvalue weighted by atomic mass is 10.0. The molecule has 0 saturated carbocycles. The smallest absolute Gasteiger partial charge is 0.267 e. The van der Waals surface area contributed by atoms with Gasteiger partial charge >= 0.3 is 0 Å². The lowest BCUT2D eigenvalue weighted by molar-refractivity contribution is 0.580. The van der Waals surface area contributed by atoms with Crippen molar-refractivity contribution in [1.29, 1.82) is 0 Å². The molecule has 0 unspecified atom stereocenters. The molecule has 0 fully saturated rings. The van der Waals surface area contributed by atoms with E-state index >= 15 is 0 Å². The lowest BCUT2D eigenvalue weighted by Gasteiger charge is -2.07. The first-order chi connectivity index (χ1) is 14.7. The van der Waals surface area contributed by atoms with E-state index in [-0.39, 0.29) is 5.56 Å². The van der Waals surface area contributed by atoms with Crippen molar-refractivity contribution in [2.24, 2.45) is 0 Å². The van der Waals surface area contributed by atoms with Crippen LogP contribution >= 0.6 is 11.3 Å². The van der Waals surface area contributed by atoms with Crippen LogP contribution < -0.4 is 5.56 Å². The molecule has 148 valence electrons. The van der Waals surface area contributed by atoms with Gasteiger partial charge in [-0.05, 0) is 29.7 Å². The van der Waals surface area contributed by atoms with E-state index in [9.17, 15) is 4.79 Å². The first-order valence-corrected chi connectivity index (χ1v) is 11.0. The van der Waals surface area contributed by atoms with E-state index in [1.807, 2.05) is 24.3 Å². The lowest BCUT2D eigenvalue weighted by Crippen LogP contribution is -2.23. The predicted molar refractivity (Wildman–Crippen MR) is 124 cm³/mol. The Balaban J connectivity index is 1.47. The molecule has 5 rings (SSSR count). The first-order valence-electron chi connectivity index (χ1n) is 10.1. The fourth-order valence-electron chi connectivity index (χ4n) is 3.75. The molecule has 5 aromatic rings. The first kappa shape index (κ1) is 18.7. The van der Waals surface area contributed by atoms with Gasteiger partial charge in [-0.3, -0.25) is 9.78 Å². The van der Waals surface area contributed by atoms with Crippen LogP contribution in [0.15, 0.2) is 77.0 Å². The Bertz CT molecular complexity index is 1400. The second kappa shape index (κ2) is 7.84. The fourth-order valence-corrected chi connectivity index (χ4v) is 4.67. The maximum atomic E-state index is 13.2. The molecular weight excluding hydrogens is 390 g/mol. The van der Waals surface area contributed by atoms with E-state index in [0.29, 0.717) is 13.0 Å². The minimum absolute atomic E-state index is 0.0379. The van der Waals surface area contributed by atoms with Gasteiger partial charge in [0, 0.05) is 28.4 Å². The SMILES string of the molecule is CCc1ccc(-c2csc3cnn(CCc4ccc5ccccc5n4)c(=O)c23)cc1. The fraction of sp³-hybridized carbons (Fsp3) is 0.160. The molecule has 0 spiro atoms. The molecule has 2 aromatic carbocycles. The highest BCUT2D eigenvalue weighted by Gasteiger charge is 2.13. The van der Waals surface area contributed by atoms with Crippen LogP contribution in [-0.4, -0.2) is 14.8 Å². The summed E-state index contributed by atoms with van der Waals surface area (Å²) in [7, 11) is 0. The molecule has 0 amide bonds. The van der Waals surface area contributed by atoms with Gasteiger partial charge in [-0.25, -0.2) is 4.68 Å². The summed E-state index contributed by atoms with van der Waals surface area (Å²) in [4.78, 5) is 17.9. The van der Waals surface area contributed by atoms with Crippen molar-refractivity contribution < 1.29 is 0 Å². The highest BCUT2D eigenvalue weighted by molar-refractivity contribution is 7.17. The third-order valence-electron chi connectivity index (χ3n) is 5.49. The molecule has 5 heteroatoms. The average Bonchev–Trinajstić information content (AvgIpc) is 3.23. The molecule has 0 bridgehead atoms. The molecule has 0 atom stereocenters. The Kier molecular flexibility index (Phi) is 4.89. The zero-order valence-corrected chi connectivity index (χ0v) is 17.5. The maximum absolute atomic E-state index is 13.2. The molecule has 0 radical (unpaired) electrons. The van der Waals surface area contributed by atoms with E-state index in [1.165, 1.54) is 5.56 Å².